The van der Waals surface area contributed by atoms with E-state index in [9.17, 15) is 9.18 Å². The zero-order valence-electron chi connectivity index (χ0n) is 9.93. The molecule has 0 saturated carbocycles. The molecule has 0 bridgehead atoms. The van der Waals surface area contributed by atoms with Gasteiger partial charge in [0.15, 0.2) is 0 Å². The summed E-state index contributed by atoms with van der Waals surface area (Å²) in [5.74, 6) is -1.54. The Kier molecular flexibility index (Phi) is 4.11. The summed E-state index contributed by atoms with van der Waals surface area (Å²) >= 11 is 6.75. The quantitative estimate of drug-likeness (QED) is 0.881. The summed E-state index contributed by atoms with van der Waals surface area (Å²) in [5, 5.41) is 13.6. The number of nitrogens with zero attached hydrogens (tertiary/aromatic N) is 2. The van der Waals surface area contributed by atoms with Crippen LogP contribution in [0.5, 0.6) is 0 Å². The van der Waals surface area contributed by atoms with Gasteiger partial charge in [-0.15, -0.1) is 0 Å². The number of hydrogen-bond acceptors (Lipinski definition) is 3. The smallest absolute Gasteiger partial charge is 0.313 e. The van der Waals surface area contributed by atoms with Crippen LogP contribution in [0.3, 0.4) is 0 Å². The highest BCUT2D eigenvalue weighted by atomic mass is 35.5. The number of thioether (sulfide) groups is 1. The van der Waals surface area contributed by atoms with Gasteiger partial charge in [0, 0.05) is 6.07 Å². The van der Waals surface area contributed by atoms with E-state index in [2.05, 4.69) is 5.10 Å². The van der Waals surface area contributed by atoms with Crippen molar-refractivity contribution >= 4 is 29.3 Å². The Morgan fingerprint density at radius 1 is 1.53 bits per heavy atom. The molecule has 0 radical (unpaired) electrons. The third-order valence-electron chi connectivity index (χ3n) is 2.29. The molecule has 0 saturated heterocycles. The molecule has 0 aliphatic heterocycles. The van der Waals surface area contributed by atoms with Crippen molar-refractivity contribution in [1.29, 1.82) is 0 Å². The van der Waals surface area contributed by atoms with Crippen molar-refractivity contribution in [2.75, 3.05) is 5.75 Å². The molecule has 100 valence electrons. The lowest BCUT2D eigenvalue weighted by Crippen LogP contribution is -2.02. The first-order chi connectivity index (χ1) is 8.97. The van der Waals surface area contributed by atoms with E-state index in [-0.39, 0.29) is 10.8 Å². The predicted octanol–water partition coefficient (Wildman–Crippen LogP) is 3.15. The largest absolute Gasteiger partial charge is 0.481 e. The Morgan fingerprint density at radius 2 is 2.26 bits per heavy atom. The van der Waals surface area contributed by atoms with Crippen LogP contribution in [0.15, 0.2) is 29.3 Å². The molecule has 7 heteroatoms. The average molecular weight is 301 g/mol. The number of halogens is 2. The molecule has 1 aromatic heterocycles. The fourth-order valence-corrected chi connectivity index (χ4v) is 2.43. The molecule has 0 spiro atoms. The van der Waals surface area contributed by atoms with E-state index >= 15 is 0 Å². The van der Waals surface area contributed by atoms with Crippen LogP contribution in [-0.2, 0) is 4.79 Å². The van der Waals surface area contributed by atoms with Gasteiger partial charge in [0.05, 0.1) is 22.2 Å². The molecule has 0 fully saturated rings. The van der Waals surface area contributed by atoms with Gasteiger partial charge in [-0.1, -0.05) is 23.4 Å². The number of aliphatic carboxylic acids is 1. The number of aromatic nitrogens is 2. The van der Waals surface area contributed by atoms with E-state index in [1.54, 1.807) is 19.1 Å². The van der Waals surface area contributed by atoms with Gasteiger partial charge in [0.1, 0.15) is 10.8 Å². The molecule has 0 amide bonds. The lowest BCUT2D eigenvalue weighted by molar-refractivity contribution is -0.133. The summed E-state index contributed by atoms with van der Waals surface area (Å²) in [5.41, 5.74) is 1.23. The summed E-state index contributed by atoms with van der Waals surface area (Å²) in [7, 11) is 0. The molecule has 0 aliphatic carbocycles. The molecule has 0 aliphatic rings. The maximum atomic E-state index is 13.4. The maximum absolute atomic E-state index is 13.4. The van der Waals surface area contributed by atoms with E-state index in [0.29, 0.717) is 10.7 Å². The second-order valence-corrected chi connectivity index (χ2v) is 5.22. The second kappa shape index (κ2) is 5.63. The molecule has 0 atom stereocenters. The van der Waals surface area contributed by atoms with Gasteiger partial charge < -0.3 is 5.11 Å². The van der Waals surface area contributed by atoms with Crippen LogP contribution in [0.1, 0.15) is 5.69 Å². The van der Waals surface area contributed by atoms with Crippen molar-refractivity contribution in [3.8, 4) is 5.69 Å². The highest BCUT2D eigenvalue weighted by Gasteiger charge is 2.11. The summed E-state index contributed by atoms with van der Waals surface area (Å²) in [4.78, 5) is 10.6. The number of rotatable bonds is 4. The number of carboxylic acid groups (broad SMARTS) is 1. The predicted molar refractivity (Wildman–Crippen MR) is 71.6 cm³/mol. The van der Waals surface area contributed by atoms with Crippen molar-refractivity contribution < 1.29 is 14.3 Å². The second-order valence-electron chi connectivity index (χ2n) is 3.82. The molecule has 2 rings (SSSR count). The lowest BCUT2D eigenvalue weighted by Gasteiger charge is -2.06. The van der Waals surface area contributed by atoms with Crippen LogP contribution in [-0.4, -0.2) is 26.6 Å². The van der Waals surface area contributed by atoms with Crippen LogP contribution in [0.4, 0.5) is 4.39 Å². The minimum Gasteiger partial charge on any atom is -0.481 e. The van der Waals surface area contributed by atoms with Crippen molar-refractivity contribution in [3.63, 3.8) is 0 Å². The van der Waals surface area contributed by atoms with Crippen LogP contribution in [0.25, 0.3) is 5.69 Å². The Morgan fingerprint density at radius 3 is 2.89 bits per heavy atom. The zero-order chi connectivity index (χ0) is 14.0. The van der Waals surface area contributed by atoms with Gasteiger partial charge in [-0.2, -0.15) is 5.10 Å². The molecule has 19 heavy (non-hydrogen) atoms. The van der Waals surface area contributed by atoms with Crippen molar-refractivity contribution in [2.45, 2.75) is 11.9 Å². The van der Waals surface area contributed by atoms with Gasteiger partial charge >= 0.3 is 5.97 Å². The van der Waals surface area contributed by atoms with E-state index in [1.807, 2.05) is 0 Å². The van der Waals surface area contributed by atoms with Gasteiger partial charge in [0.25, 0.3) is 0 Å². The number of carboxylic acids is 1. The summed E-state index contributed by atoms with van der Waals surface area (Å²) in [6.45, 7) is 1.79. The highest BCUT2D eigenvalue weighted by Crippen LogP contribution is 2.25. The van der Waals surface area contributed by atoms with Gasteiger partial charge in [0.2, 0.25) is 0 Å². The fourth-order valence-electron chi connectivity index (χ4n) is 1.52. The Hall–Kier alpha value is -1.53. The minimum absolute atomic E-state index is 0.0346. The van der Waals surface area contributed by atoms with Crippen LogP contribution >= 0.6 is 23.4 Å². The average Bonchev–Trinajstić information content (AvgIpc) is 2.71. The normalized spacial score (nSPS) is 10.7. The first kappa shape index (κ1) is 13.9. The van der Waals surface area contributed by atoms with Crippen LogP contribution in [0, 0.1) is 12.7 Å². The summed E-state index contributed by atoms with van der Waals surface area (Å²) in [6.07, 6.45) is 0. The van der Waals surface area contributed by atoms with E-state index in [1.165, 1.54) is 16.8 Å². The van der Waals surface area contributed by atoms with E-state index in [4.69, 9.17) is 16.7 Å². The molecule has 4 nitrogen and oxygen atoms in total. The highest BCUT2D eigenvalue weighted by molar-refractivity contribution is 7.99. The number of hydrogen-bond donors (Lipinski definition) is 1. The van der Waals surface area contributed by atoms with E-state index in [0.717, 1.165) is 17.5 Å². The Bertz CT molecular complexity index is 630. The number of aryl methyl sites for hydroxylation is 1. The first-order valence-corrected chi connectivity index (χ1v) is 6.70. The van der Waals surface area contributed by atoms with Crippen LogP contribution < -0.4 is 0 Å². The molecule has 2 aromatic rings. The zero-order valence-corrected chi connectivity index (χ0v) is 11.5. The molecule has 1 heterocycles. The standard InChI is InChI=1S/C12H10ClFN2O2S/c1-7-4-11(19-6-12(17)18)16(15-7)8-2-3-9(13)10(14)5-8/h2-5H,6H2,1H3,(H,17,18). The lowest BCUT2D eigenvalue weighted by atomic mass is 10.3. The summed E-state index contributed by atoms with van der Waals surface area (Å²) in [6, 6.07) is 6.08. The van der Waals surface area contributed by atoms with Crippen LogP contribution in [0.2, 0.25) is 5.02 Å². The van der Waals surface area contributed by atoms with Crippen molar-refractivity contribution in [3.05, 3.63) is 40.8 Å². The Balaban J connectivity index is 2.37. The molecule has 1 aromatic carbocycles. The van der Waals surface area contributed by atoms with Crippen molar-refractivity contribution in [1.82, 2.24) is 9.78 Å². The van der Waals surface area contributed by atoms with E-state index < -0.39 is 11.8 Å². The first-order valence-electron chi connectivity index (χ1n) is 5.34. The molecular formula is C12H10ClFN2O2S. The SMILES string of the molecule is Cc1cc(SCC(=O)O)n(-c2ccc(Cl)c(F)c2)n1. The van der Waals surface area contributed by atoms with Gasteiger partial charge in [-0.05, 0) is 25.1 Å². The number of benzene rings is 1. The molecule has 1 N–H and O–H groups in total. The third-order valence-corrected chi connectivity index (χ3v) is 3.57. The number of carbonyl (C=O) groups is 1. The maximum Gasteiger partial charge on any atom is 0.313 e. The fraction of sp³-hybridized carbons (Fsp3) is 0.167. The molecular weight excluding hydrogens is 291 g/mol. The van der Waals surface area contributed by atoms with Gasteiger partial charge in [-0.3, -0.25) is 4.79 Å². The van der Waals surface area contributed by atoms with Gasteiger partial charge in [-0.25, -0.2) is 9.07 Å². The topological polar surface area (TPSA) is 55.1 Å². The third kappa shape index (κ3) is 3.27. The monoisotopic (exact) mass is 300 g/mol. The Labute approximate surface area is 118 Å². The summed E-state index contributed by atoms with van der Waals surface area (Å²) < 4.78 is 14.9. The van der Waals surface area contributed by atoms with Crippen molar-refractivity contribution in [2.24, 2.45) is 0 Å². The molecule has 0 unspecified atom stereocenters. The minimum atomic E-state index is -0.919.